The molecule has 10 nitrogen and oxygen atoms in total. The van der Waals surface area contributed by atoms with Crippen LogP contribution in [0.4, 0.5) is 5.69 Å². The number of anilines is 1. The van der Waals surface area contributed by atoms with Crippen LogP contribution in [0.2, 0.25) is 0 Å². The topological polar surface area (TPSA) is 119 Å². The Morgan fingerprint density at radius 1 is 1.00 bits per heavy atom. The van der Waals surface area contributed by atoms with Crippen LogP contribution in [0.15, 0.2) is 63.4 Å². The Morgan fingerprint density at radius 3 is 2.29 bits per heavy atom. The molecule has 0 aliphatic rings. The Hall–Kier alpha value is -4.21. The molecular formula is C25H28N6O4. The molecule has 3 heterocycles. The van der Waals surface area contributed by atoms with Crippen molar-refractivity contribution < 1.29 is 18.4 Å². The van der Waals surface area contributed by atoms with E-state index >= 15 is 0 Å². The summed E-state index contributed by atoms with van der Waals surface area (Å²) in [6.45, 7) is 8.98. The van der Waals surface area contributed by atoms with Crippen LogP contribution in [-0.4, -0.2) is 37.6 Å². The van der Waals surface area contributed by atoms with E-state index in [2.05, 4.69) is 20.7 Å². The number of aryl methyl sites for hydroxylation is 2. The molecule has 1 N–H and O–H groups in total. The van der Waals surface area contributed by atoms with Gasteiger partial charge in [0.2, 0.25) is 5.82 Å². The summed E-state index contributed by atoms with van der Waals surface area (Å²) < 4.78 is 11.4. The van der Waals surface area contributed by atoms with Gasteiger partial charge in [-0.1, -0.05) is 18.2 Å². The number of nitrogens with one attached hydrogen (secondary N) is 1. The molecule has 3 aromatic heterocycles. The van der Waals surface area contributed by atoms with Gasteiger partial charge >= 0.3 is 0 Å². The number of aromatic nitrogens is 4. The van der Waals surface area contributed by atoms with E-state index in [1.807, 2.05) is 33.8 Å². The van der Waals surface area contributed by atoms with E-state index in [9.17, 15) is 9.59 Å². The van der Waals surface area contributed by atoms with E-state index in [0.29, 0.717) is 28.7 Å². The molecule has 4 rings (SSSR count). The van der Waals surface area contributed by atoms with Gasteiger partial charge in [-0.2, -0.15) is 4.80 Å². The maximum absolute atomic E-state index is 13.7. The summed E-state index contributed by atoms with van der Waals surface area (Å²) in [5.74, 6) is 1.62. The molecule has 0 spiro atoms. The van der Waals surface area contributed by atoms with Crippen molar-refractivity contribution in [2.24, 2.45) is 0 Å². The minimum atomic E-state index is -1.05. The summed E-state index contributed by atoms with van der Waals surface area (Å²) in [6, 6.07) is 14.9. The zero-order chi connectivity index (χ0) is 25.2. The van der Waals surface area contributed by atoms with Crippen molar-refractivity contribution in [1.82, 2.24) is 25.5 Å². The molecule has 1 aromatic carbocycles. The second-order valence-electron chi connectivity index (χ2n) is 9.24. The highest BCUT2D eigenvalue weighted by Gasteiger charge is 2.36. The summed E-state index contributed by atoms with van der Waals surface area (Å²) >= 11 is 0. The van der Waals surface area contributed by atoms with Crippen molar-refractivity contribution in [2.45, 2.75) is 52.7 Å². The maximum atomic E-state index is 13.7. The fraction of sp³-hybridized carbons (Fsp3) is 0.320. The van der Waals surface area contributed by atoms with Crippen molar-refractivity contribution in [3.8, 4) is 11.6 Å². The summed E-state index contributed by atoms with van der Waals surface area (Å²) in [5, 5.41) is 15.2. The van der Waals surface area contributed by atoms with Gasteiger partial charge in [-0.25, -0.2) is 0 Å². The Morgan fingerprint density at radius 2 is 1.69 bits per heavy atom. The molecule has 182 valence electrons. The van der Waals surface area contributed by atoms with Crippen LogP contribution < -0.4 is 10.2 Å². The number of nitrogens with zero attached hydrogens (tertiary/aromatic N) is 5. The predicted molar refractivity (Wildman–Crippen MR) is 128 cm³/mol. The molecule has 0 fully saturated rings. The van der Waals surface area contributed by atoms with E-state index in [1.165, 1.54) is 9.70 Å². The second-order valence-corrected chi connectivity index (χ2v) is 9.24. The lowest BCUT2D eigenvalue weighted by Crippen LogP contribution is -2.50. The average molecular weight is 477 g/mol. The molecule has 0 saturated carbocycles. The highest BCUT2D eigenvalue weighted by atomic mass is 16.3. The minimum absolute atomic E-state index is 0.249. The van der Waals surface area contributed by atoms with Gasteiger partial charge in [-0.3, -0.25) is 14.5 Å². The first kappa shape index (κ1) is 23.9. The van der Waals surface area contributed by atoms with Crippen LogP contribution in [0.1, 0.15) is 44.1 Å². The Kier molecular flexibility index (Phi) is 6.54. The highest BCUT2D eigenvalue weighted by molar-refractivity contribution is 6.01. The lowest BCUT2D eigenvalue weighted by Gasteiger charge is -2.32. The largest absolute Gasteiger partial charge is 0.464 e. The second kappa shape index (κ2) is 9.57. The minimum Gasteiger partial charge on any atom is -0.464 e. The molecule has 0 aliphatic heterocycles. The first-order valence-electron chi connectivity index (χ1n) is 11.2. The standard InChI is InChI=1S/C25H28N6O4/c1-16-11-13-19(34-16)22(24(33)26-25(3,4)5)31(18-9-7-6-8-10-18)21(32)15-30-28-23(27-29-30)20-14-12-17(2)35-20/h6-14,22H,15H2,1-5H3,(H,26,33)/t22-/m1/s1. The monoisotopic (exact) mass is 476 g/mol. The fourth-order valence-electron chi connectivity index (χ4n) is 3.60. The number of rotatable bonds is 7. The molecule has 0 aliphatic carbocycles. The van der Waals surface area contributed by atoms with E-state index in [4.69, 9.17) is 8.83 Å². The third-order valence-electron chi connectivity index (χ3n) is 5.03. The predicted octanol–water partition coefficient (Wildman–Crippen LogP) is 3.83. The van der Waals surface area contributed by atoms with Crippen LogP contribution in [0, 0.1) is 13.8 Å². The highest BCUT2D eigenvalue weighted by Crippen LogP contribution is 2.30. The summed E-state index contributed by atoms with van der Waals surface area (Å²) in [4.78, 5) is 29.8. The van der Waals surface area contributed by atoms with Gasteiger partial charge in [0.1, 0.15) is 23.8 Å². The van der Waals surface area contributed by atoms with E-state index in [-0.39, 0.29) is 18.3 Å². The Labute approximate surface area is 202 Å². The molecule has 2 amide bonds. The molecule has 10 heteroatoms. The van der Waals surface area contributed by atoms with Crippen molar-refractivity contribution >= 4 is 17.5 Å². The number of hydrogen-bond acceptors (Lipinski definition) is 7. The number of carbonyl (C=O) groups is 2. The lowest BCUT2D eigenvalue weighted by molar-refractivity contribution is -0.128. The van der Waals surface area contributed by atoms with Crippen molar-refractivity contribution in [1.29, 1.82) is 0 Å². The molecule has 0 radical (unpaired) electrons. The van der Waals surface area contributed by atoms with Gasteiger partial charge in [0.05, 0.1) is 0 Å². The zero-order valence-corrected chi connectivity index (χ0v) is 20.3. The third kappa shape index (κ3) is 5.65. The molecule has 0 saturated heterocycles. The number of para-hydroxylation sites is 1. The summed E-state index contributed by atoms with van der Waals surface area (Å²) in [7, 11) is 0. The normalized spacial score (nSPS) is 12.4. The van der Waals surface area contributed by atoms with E-state index in [1.54, 1.807) is 55.5 Å². The van der Waals surface area contributed by atoms with Gasteiger partial charge in [0.15, 0.2) is 11.8 Å². The van der Waals surface area contributed by atoms with Gasteiger partial charge in [0.25, 0.3) is 11.8 Å². The van der Waals surface area contributed by atoms with Gasteiger partial charge in [-0.05, 0) is 76.2 Å². The van der Waals surface area contributed by atoms with E-state index in [0.717, 1.165) is 0 Å². The number of furan rings is 2. The molecular weight excluding hydrogens is 448 g/mol. The number of hydrogen-bond donors (Lipinski definition) is 1. The van der Waals surface area contributed by atoms with Crippen molar-refractivity contribution in [2.75, 3.05) is 4.90 Å². The number of benzene rings is 1. The van der Waals surface area contributed by atoms with Crippen LogP contribution >= 0.6 is 0 Å². The molecule has 4 aromatic rings. The molecule has 0 unspecified atom stereocenters. The fourth-order valence-corrected chi connectivity index (χ4v) is 3.60. The van der Waals surface area contributed by atoms with Crippen LogP contribution in [0.3, 0.4) is 0 Å². The van der Waals surface area contributed by atoms with Gasteiger partial charge in [-0.15, -0.1) is 10.2 Å². The van der Waals surface area contributed by atoms with Crippen molar-refractivity contribution in [3.05, 3.63) is 71.9 Å². The van der Waals surface area contributed by atoms with Crippen molar-refractivity contribution in [3.63, 3.8) is 0 Å². The van der Waals surface area contributed by atoms with Crippen LogP contribution in [-0.2, 0) is 16.1 Å². The zero-order valence-electron chi connectivity index (χ0n) is 20.3. The SMILES string of the molecule is Cc1ccc(-c2nnn(CC(=O)N(c3ccccc3)[C@@H](C(=O)NC(C)(C)C)c3ccc(C)o3)n2)o1. The Balaban J connectivity index is 1.70. The first-order chi connectivity index (χ1) is 16.6. The smallest absolute Gasteiger partial charge is 0.251 e. The average Bonchev–Trinajstić information content (AvgIpc) is 3.52. The maximum Gasteiger partial charge on any atom is 0.251 e. The third-order valence-corrected chi connectivity index (χ3v) is 5.03. The number of amides is 2. The molecule has 35 heavy (non-hydrogen) atoms. The summed E-state index contributed by atoms with van der Waals surface area (Å²) in [5.41, 5.74) is 0.00828. The van der Waals surface area contributed by atoms with Crippen LogP contribution in [0.5, 0.6) is 0 Å². The number of carbonyl (C=O) groups excluding carboxylic acids is 2. The Bertz CT molecular complexity index is 1310. The number of tetrazole rings is 1. The lowest BCUT2D eigenvalue weighted by atomic mass is 10.1. The van der Waals surface area contributed by atoms with Gasteiger partial charge < -0.3 is 14.2 Å². The summed E-state index contributed by atoms with van der Waals surface area (Å²) in [6.07, 6.45) is 0. The van der Waals surface area contributed by atoms with Gasteiger partial charge in [0, 0.05) is 11.2 Å². The quantitative estimate of drug-likeness (QED) is 0.430. The molecule has 0 bridgehead atoms. The van der Waals surface area contributed by atoms with Crippen LogP contribution in [0.25, 0.3) is 11.6 Å². The van der Waals surface area contributed by atoms with E-state index < -0.39 is 17.5 Å². The first-order valence-corrected chi connectivity index (χ1v) is 11.2. The molecule has 1 atom stereocenters.